The number of aromatic nitrogens is 2. The van der Waals surface area contributed by atoms with Crippen LogP contribution >= 0.6 is 0 Å². The van der Waals surface area contributed by atoms with E-state index in [1.54, 1.807) is 29.7 Å². The van der Waals surface area contributed by atoms with Crippen LogP contribution < -0.4 is 10.1 Å². The number of nitrogens with zero attached hydrogens (tertiary/aromatic N) is 2. The Kier molecular flexibility index (Phi) is 6.99. The van der Waals surface area contributed by atoms with Crippen LogP contribution in [0.5, 0.6) is 5.75 Å². The Morgan fingerprint density at radius 2 is 2.00 bits per heavy atom. The number of nitrogens with one attached hydrogen (secondary N) is 1. The number of unbranched alkanes of at least 4 members (excludes halogenated alkanes) is 1. The maximum absolute atomic E-state index is 13.9. The van der Waals surface area contributed by atoms with Crippen molar-refractivity contribution >= 4 is 11.6 Å². The van der Waals surface area contributed by atoms with Gasteiger partial charge in [-0.25, -0.2) is 13.8 Å². The van der Waals surface area contributed by atoms with Crippen LogP contribution in [0.3, 0.4) is 0 Å². The molecule has 0 saturated heterocycles. The van der Waals surface area contributed by atoms with Crippen LogP contribution in [0.1, 0.15) is 47.9 Å². The van der Waals surface area contributed by atoms with Gasteiger partial charge < -0.3 is 15.2 Å². The molecule has 160 valence electrons. The number of fused-ring (bicyclic) bond motifs is 1. The van der Waals surface area contributed by atoms with Gasteiger partial charge in [0.05, 0.1) is 23.9 Å². The first-order chi connectivity index (χ1) is 14.5. The largest absolute Gasteiger partial charge is 0.485 e. The van der Waals surface area contributed by atoms with Gasteiger partial charge in [0.15, 0.2) is 11.4 Å². The molecular weight excluding hydrogens is 392 g/mol. The molecule has 1 amide bonds. The van der Waals surface area contributed by atoms with Crippen molar-refractivity contribution in [3.63, 3.8) is 0 Å². The number of carbonyl (C=O) groups excluding carboxylic acids is 1. The van der Waals surface area contributed by atoms with Gasteiger partial charge in [0.2, 0.25) is 0 Å². The van der Waals surface area contributed by atoms with Gasteiger partial charge in [0.1, 0.15) is 23.9 Å². The van der Waals surface area contributed by atoms with Gasteiger partial charge in [-0.3, -0.25) is 9.20 Å². The molecule has 0 aliphatic heterocycles. The lowest BCUT2D eigenvalue weighted by Gasteiger charge is -2.16. The molecule has 0 fully saturated rings. The SMILES string of the molecule is CCCCC(CO)NC(=O)c1c(C)nc2c(OCc3c(F)cccc3F)cccn12. The molecule has 0 radical (unpaired) electrons. The Morgan fingerprint density at radius 3 is 2.67 bits per heavy atom. The Labute approximate surface area is 173 Å². The third kappa shape index (κ3) is 4.59. The van der Waals surface area contributed by atoms with Crippen molar-refractivity contribution < 1.29 is 23.4 Å². The standard InChI is InChI=1S/C22H25F2N3O3/c1-3-4-7-15(12-28)26-22(29)20-14(2)25-21-19(10-6-11-27(20)21)30-13-16-17(23)8-5-9-18(16)24/h5-6,8-11,15,28H,3-4,7,12-13H2,1-2H3,(H,26,29). The van der Waals surface area contributed by atoms with Crippen LogP contribution in [0.15, 0.2) is 36.5 Å². The highest BCUT2D eigenvalue weighted by molar-refractivity contribution is 5.95. The number of imidazole rings is 1. The zero-order chi connectivity index (χ0) is 21.7. The quantitative estimate of drug-likeness (QED) is 0.556. The topological polar surface area (TPSA) is 75.9 Å². The Bertz CT molecular complexity index is 1020. The molecule has 0 saturated carbocycles. The number of benzene rings is 1. The molecule has 8 heteroatoms. The third-order valence-electron chi connectivity index (χ3n) is 4.90. The molecule has 1 unspecified atom stereocenters. The molecule has 2 N–H and O–H groups in total. The van der Waals surface area contributed by atoms with E-state index in [1.807, 2.05) is 6.92 Å². The number of aliphatic hydroxyl groups excluding tert-OH is 1. The predicted molar refractivity (Wildman–Crippen MR) is 108 cm³/mol. The highest BCUT2D eigenvalue weighted by atomic mass is 19.1. The molecule has 0 aliphatic rings. The summed E-state index contributed by atoms with van der Waals surface area (Å²) >= 11 is 0. The first-order valence-corrected chi connectivity index (χ1v) is 9.91. The average molecular weight is 417 g/mol. The molecule has 6 nitrogen and oxygen atoms in total. The van der Waals surface area contributed by atoms with E-state index in [1.165, 1.54) is 18.2 Å². The fourth-order valence-corrected chi connectivity index (χ4v) is 3.28. The van der Waals surface area contributed by atoms with E-state index in [2.05, 4.69) is 10.3 Å². The average Bonchev–Trinajstić information content (AvgIpc) is 3.07. The number of aliphatic hydroxyl groups is 1. The predicted octanol–water partition coefficient (Wildman–Crippen LogP) is 3.78. The minimum absolute atomic E-state index is 0.149. The van der Waals surface area contributed by atoms with Crippen molar-refractivity contribution in [2.75, 3.05) is 6.61 Å². The molecule has 1 atom stereocenters. The monoisotopic (exact) mass is 417 g/mol. The van der Waals surface area contributed by atoms with Crippen LogP contribution in [-0.2, 0) is 6.61 Å². The van der Waals surface area contributed by atoms with Crippen molar-refractivity contribution in [2.45, 2.75) is 45.8 Å². The molecule has 1 aromatic carbocycles. The summed E-state index contributed by atoms with van der Waals surface area (Å²) in [5.41, 5.74) is 0.990. The maximum atomic E-state index is 13.9. The number of halogens is 2. The lowest BCUT2D eigenvalue weighted by Crippen LogP contribution is -2.38. The van der Waals surface area contributed by atoms with Gasteiger partial charge in [-0.1, -0.05) is 25.8 Å². The van der Waals surface area contributed by atoms with Gasteiger partial charge in [0.25, 0.3) is 5.91 Å². The number of rotatable bonds is 9. The van der Waals surface area contributed by atoms with Gasteiger partial charge in [-0.15, -0.1) is 0 Å². The number of amides is 1. The highest BCUT2D eigenvalue weighted by Crippen LogP contribution is 2.24. The van der Waals surface area contributed by atoms with Crippen LogP contribution in [0.25, 0.3) is 5.65 Å². The number of hydrogen-bond donors (Lipinski definition) is 2. The summed E-state index contributed by atoms with van der Waals surface area (Å²) in [6, 6.07) is 6.57. The number of hydrogen-bond acceptors (Lipinski definition) is 4. The lowest BCUT2D eigenvalue weighted by atomic mass is 10.1. The molecule has 2 heterocycles. The molecule has 3 rings (SSSR count). The van der Waals surface area contributed by atoms with Crippen LogP contribution in [0.4, 0.5) is 8.78 Å². The van der Waals surface area contributed by atoms with Crippen molar-refractivity contribution in [2.24, 2.45) is 0 Å². The summed E-state index contributed by atoms with van der Waals surface area (Å²) < 4.78 is 35.0. The first-order valence-electron chi connectivity index (χ1n) is 9.91. The second kappa shape index (κ2) is 9.67. The third-order valence-corrected chi connectivity index (χ3v) is 4.90. The van der Waals surface area contributed by atoms with Gasteiger partial charge in [-0.2, -0.15) is 0 Å². The molecular formula is C22H25F2N3O3. The van der Waals surface area contributed by atoms with E-state index in [9.17, 15) is 18.7 Å². The first kappa shape index (κ1) is 21.7. The summed E-state index contributed by atoms with van der Waals surface area (Å²) in [4.78, 5) is 17.2. The van der Waals surface area contributed by atoms with Crippen molar-refractivity contribution in [3.05, 3.63) is 65.1 Å². The van der Waals surface area contributed by atoms with Crippen molar-refractivity contribution in [1.29, 1.82) is 0 Å². The Morgan fingerprint density at radius 1 is 1.27 bits per heavy atom. The van der Waals surface area contributed by atoms with E-state index in [0.29, 0.717) is 29.2 Å². The van der Waals surface area contributed by atoms with E-state index in [0.717, 1.165) is 12.8 Å². The number of carbonyl (C=O) groups is 1. The fraction of sp³-hybridized carbons (Fsp3) is 0.364. The number of aryl methyl sites for hydroxylation is 1. The summed E-state index contributed by atoms with van der Waals surface area (Å²) in [6.07, 6.45) is 4.20. The van der Waals surface area contributed by atoms with E-state index >= 15 is 0 Å². The van der Waals surface area contributed by atoms with Gasteiger partial charge in [-0.05, 0) is 37.6 Å². The zero-order valence-electron chi connectivity index (χ0n) is 17.0. The van der Waals surface area contributed by atoms with Crippen LogP contribution in [0, 0.1) is 18.6 Å². The van der Waals surface area contributed by atoms with Gasteiger partial charge >= 0.3 is 0 Å². The van der Waals surface area contributed by atoms with E-state index < -0.39 is 11.6 Å². The molecule has 0 spiro atoms. The lowest BCUT2D eigenvalue weighted by molar-refractivity contribution is 0.0905. The smallest absolute Gasteiger partial charge is 0.270 e. The fourth-order valence-electron chi connectivity index (χ4n) is 3.28. The zero-order valence-corrected chi connectivity index (χ0v) is 17.0. The number of pyridine rings is 1. The van der Waals surface area contributed by atoms with Crippen molar-refractivity contribution in [1.82, 2.24) is 14.7 Å². The van der Waals surface area contributed by atoms with Gasteiger partial charge in [0, 0.05) is 6.20 Å². The second-order valence-electron chi connectivity index (χ2n) is 7.10. The normalized spacial score (nSPS) is 12.2. The Balaban J connectivity index is 1.85. The highest BCUT2D eigenvalue weighted by Gasteiger charge is 2.21. The summed E-state index contributed by atoms with van der Waals surface area (Å²) in [5, 5.41) is 12.4. The molecule has 0 aliphatic carbocycles. The summed E-state index contributed by atoms with van der Waals surface area (Å²) in [7, 11) is 0. The summed E-state index contributed by atoms with van der Waals surface area (Å²) in [6.45, 7) is 3.28. The van der Waals surface area contributed by atoms with E-state index in [4.69, 9.17) is 4.74 Å². The van der Waals surface area contributed by atoms with Crippen LogP contribution in [0.2, 0.25) is 0 Å². The second-order valence-corrected chi connectivity index (χ2v) is 7.10. The minimum atomic E-state index is -0.691. The maximum Gasteiger partial charge on any atom is 0.270 e. The Hall–Kier alpha value is -3.00. The minimum Gasteiger partial charge on any atom is -0.485 e. The molecule has 3 aromatic rings. The molecule has 30 heavy (non-hydrogen) atoms. The molecule has 2 aromatic heterocycles. The molecule has 0 bridgehead atoms. The van der Waals surface area contributed by atoms with Crippen molar-refractivity contribution in [3.8, 4) is 5.75 Å². The summed E-state index contributed by atoms with van der Waals surface area (Å²) in [5.74, 6) is -1.44. The van der Waals surface area contributed by atoms with Crippen LogP contribution in [-0.4, -0.2) is 33.0 Å². The van der Waals surface area contributed by atoms with E-state index in [-0.39, 0.29) is 30.7 Å². The number of ether oxygens (including phenoxy) is 1.